The molecule has 3 atom stereocenters. The molecule has 2 aromatic rings. The molecule has 0 aliphatic carbocycles. The summed E-state index contributed by atoms with van der Waals surface area (Å²) in [6.45, 7) is 4.06. The van der Waals surface area contributed by atoms with Gasteiger partial charge in [0.2, 0.25) is 0 Å². The highest BCUT2D eigenvalue weighted by Gasteiger charge is 2.24. The Morgan fingerprint density at radius 1 is 1.10 bits per heavy atom. The zero-order valence-electron chi connectivity index (χ0n) is 12.0. The molecule has 20 heavy (non-hydrogen) atoms. The monoisotopic (exact) mass is 287 g/mol. The molecule has 0 saturated heterocycles. The van der Waals surface area contributed by atoms with E-state index in [1.807, 2.05) is 68.4 Å². The Labute approximate surface area is 123 Å². The van der Waals surface area contributed by atoms with E-state index in [2.05, 4.69) is 0 Å². The molecular weight excluding hydrogens is 266 g/mol. The summed E-state index contributed by atoms with van der Waals surface area (Å²) in [7, 11) is -1.09. The van der Waals surface area contributed by atoms with E-state index in [4.69, 9.17) is 5.73 Å². The lowest BCUT2D eigenvalue weighted by Crippen LogP contribution is -2.29. The van der Waals surface area contributed by atoms with Crippen LogP contribution >= 0.6 is 0 Å². The van der Waals surface area contributed by atoms with Gasteiger partial charge in [0.15, 0.2) is 0 Å². The van der Waals surface area contributed by atoms with Crippen molar-refractivity contribution in [1.82, 2.24) is 0 Å². The lowest BCUT2D eigenvalue weighted by atomic mass is 10.0. The van der Waals surface area contributed by atoms with Crippen molar-refractivity contribution in [3.05, 3.63) is 65.7 Å². The largest absolute Gasteiger partial charge is 0.323 e. The van der Waals surface area contributed by atoms with Gasteiger partial charge in [-0.25, -0.2) is 0 Å². The molecule has 3 heteroatoms. The molecule has 0 aromatic heterocycles. The molecule has 0 fully saturated rings. The van der Waals surface area contributed by atoms with Crippen LogP contribution < -0.4 is 5.73 Å². The van der Waals surface area contributed by atoms with Gasteiger partial charge in [-0.05, 0) is 36.6 Å². The molecular formula is C17H21NOS. The Morgan fingerprint density at radius 3 is 2.40 bits per heavy atom. The number of benzene rings is 2. The molecule has 0 heterocycles. The van der Waals surface area contributed by atoms with Crippen molar-refractivity contribution < 1.29 is 4.21 Å². The predicted octanol–water partition coefficient (Wildman–Crippen LogP) is 3.58. The van der Waals surface area contributed by atoms with E-state index in [-0.39, 0.29) is 11.3 Å². The molecule has 3 unspecified atom stereocenters. The summed E-state index contributed by atoms with van der Waals surface area (Å²) in [5.74, 6) is 0. The zero-order chi connectivity index (χ0) is 14.5. The zero-order valence-corrected chi connectivity index (χ0v) is 12.8. The van der Waals surface area contributed by atoms with Crippen molar-refractivity contribution in [2.45, 2.75) is 36.5 Å². The van der Waals surface area contributed by atoms with Crippen molar-refractivity contribution in [3.8, 4) is 0 Å². The van der Waals surface area contributed by atoms with E-state index < -0.39 is 10.8 Å². The van der Waals surface area contributed by atoms with Crippen molar-refractivity contribution in [1.29, 1.82) is 0 Å². The maximum atomic E-state index is 12.8. The van der Waals surface area contributed by atoms with Crippen LogP contribution in [-0.2, 0) is 10.8 Å². The lowest BCUT2D eigenvalue weighted by molar-refractivity contribution is 0.612. The fourth-order valence-electron chi connectivity index (χ4n) is 2.34. The number of rotatable bonds is 5. The van der Waals surface area contributed by atoms with Gasteiger partial charge in [0.1, 0.15) is 0 Å². The predicted molar refractivity (Wildman–Crippen MR) is 85.0 cm³/mol. The Bertz CT molecular complexity index is 583. The first-order valence-electron chi connectivity index (χ1n) is 6.91. The van der Waals surface area contributed by atoms with E-state index in [0.717, 1.165) is 22.4 Å². The molecule has 0 saturated carbocycles. The minimum absolute atomic E-state index is 0.0702. The van der Waals surface area contributed by atoms with Gasteiger partial charge in [-0.2, -0.15) is 0 Å². The van der Waals surface area contributed by atoms with Crippen LogP contribution in [0, 0.1) is 6.92 Å². The fourth-order valence-corrected chi connectivity index (χ4v) is 3.93. The molecule has 0 radical (unpaired) electrons. The summed E-state index contributed by atoms with van der Waals surface area (Å²) in [6.07, 6.45) is 0.788. The quantitative estimate of drug-likeness (QED) is 0.913. The Hall–Kier alpha value is -1.45. The molecule has 0 aliphatic rings. The molecule has 2 rings (SSSR count). The van der Waals surface area contributed by atoms with E-state index in [0.29, 0.717) is 0 Å². The first kappa shape index (κ1) is 14.9. The van der Waals surface area contributed by atoms with Gasteiger partial charge < -0.3 is 5.73 Å². The minimum atomic E-state index is -1.09. The highest BCUT2D eigenvalue weighted by Crippen LogP contribution is 2.25. The van der Waals surface area contributed by atoms with E-state index in [1.54, 1.807) is 0 Å². The van der Waals surface area contributed by atoms with Crippen molar-refractivity contribution in [2.24, 2.45) is 5.73 Å². The van der Waals surface area contributed by atoms with Gasteiger partial charge in [0.05, 0.1) is 16.0 Å². The van der Waals surface area contributed by atoms with Gasteiger partial charge in [-0.3, -0.25) is 4.21 Å². The van der Waals surface area contributed by atoms with Crippen LogP contribution in [0.1, 0.15) is 30.5 Å². The van der Waals surface area contributed by atoms with Crippen LogP contribution in [0.25, 0.3) is 0 Å². The van der Waals surface area contributed by atoms with Crippen molar-refractivity contribution >= 4 is 10.8 Å². The van der Waals surface area contributed by atoms with Crippen molar-refractivity contribution in [2.75, 3.05) is 0 Å². The summed E-state index contributed by atoms with van der Waals surface area (Å²) in [5.41, 5.74) is 8.50. The molecule has 2 aromatic carbocycles. The maximum absolute atomic E-state index is 12.8. The third kappa shape index (κ3) is 3.35. The van der Waals surface area contributed by atoms with Crippen LogP contribution in [0.2, 0.25) is 0 Å². The summed E-state index contributed by atoms with van der Waals surface area (Å²) < 4.78 is 12.8. The van der Waals surface area contributed by atoms with Gasteiger partial charge in [-0.1, -0.05) is 49.4 Å². The molecule has 2 N–H and O–H groups in total. The van der Waals surface area contributed by atoms with Crippen LogP contribution in [0.3, 0.4) is 0 Å². The number of hydrogen-bond acceptors (Lipinski definition) is 2. The normalized spacial score (nSPS) is 15.6. The van der Waals surface area contributed by atoms with E-state index >= 15 is 0 Å². The SMILES string of the molecule is CCC(C(N)c1ccccc1)S(=O)c1cccc(C)c1. The number of hydrogen-bond donors (Lipinski definition) is 1. The highest BCUT2D eigenvalue weighted by molar-refractivity contribution is 7.85. The summed E-state index contributed by atoms with van der Waals surface area (Å²) in [6, 6.07) is 17.6. The Morgan fingerprint density at radius 2 is 1.80 bits per heavy atom. The van der Waals surface area contributed by atoms with Gasteiger partial charge >= 0.3 is 0 Å². The topological polar surface area (TPSA) is 43.1 Å². The highest BCUT2D eigenvalue weighted by atomic mass is 32.2. The second-order valence-corrected chi connectivity index (χ2v) is 6.67. The Kier molecular flexibility index (Phi) is 5.10. The first-order chi connectivity index (χ1) is 9.63. The lowest BCUT2D eigenvalue weighted by Gasteiger charge is -2.22. The number of aryl methyl sites for hydroxylation is 1. The molecule has 0 amide bonds. The molecule has 0 spiro atoms. The average Bonchev–Trinajstić information content (AvgIpc) is 2.48. The van der Waals surface area contributed by atoms with Gasteiger partial charge in [0, 0.05) is 10.9 Å². The van der Waals surface area contributed by atoms with E-state index in [9.17, 15) is 4.21 Å². The van der Waals surface area contributed by atoms with Gasteiger partial charge in [-0.15, -0.1) is 0 Å². The third-order valence-corrected chi connectivity index (χ3v) is 5.38. The second-order valence-electron chi connectivity index (χ2n) is 5.00. The maximum Gasteiger partial charge on any atom is 0.0584 e. The fraction of sp³-hybridized carbons (Fsp3) is 0.294. The Balaban J connectivity index is 2.26. The van der Waals surface area contributed by atoms with Gasteiger partial charge in [0.25, 0.3) is 0 Å². The van der Waals surface area contributed by atoms with Crippen molar-refractivity contribution in [3.63, 3.8) is 0 Å². The molecule has 2 nitrogen and oxygen atoms in total. The van der Waals surface area contributed by atoms with E-state index in [1.165, 1.54) is 0 Å². The molecule has 0 bridgehead atoms. The minimum Gasteiger partial charge on any atom is -0.323 e. The van der Waals surface area contributed by atoms with Crippen LogP contribution in [0.5, 0.6) is 0 Å². The standard InChI is InChI=1S/C17H21NOS/c1-3-16(17(18)14-9-5-4-6-10-14)20(19)15-11-7-8-13(2)12-15/h4-12,16-17H,3,18H2,1-2H3. The van der Waals surface area contributed by atoms with Crippen LogP contribution in [-0.4, -0.2) is 9.46 Å². The van der Waals surface area contributed by atoms with Crippen LogP contribution in [0.15, 0.2) is 59.5 Å². The summed E-state index contributed by atoms with van der Waals surface area (Å²) >= 11 is 0. The summed E-state index contributed by atoms with van der Waals surface area (Å²) in [4.78, 5) is 0.864. The first-order valence-corrected chi connectivity index (χ1v) is 8.12. The smallest absolute Gasteiger partial charge is 0.0584 e. The number of nitrogens with two attached hydrogens (primary N) is 1. The molecule has 0 aliphatic heterocycles. The second kappa shape index (κ2) is 6.82. The summed E-state index contributed by atoms with van der Waals surface area (Å²) in [5, 5.41) is -0.0702. The average molecular weight is 287 g/mol. The molecule has 106 valence electrons. The third-order valence-electron chi connectivity index (χ3n) is 3.48. The van der Waals surface area contributed by atoms with Crippen LogP contribution in [0.4, 0.5) is 0 Å².